The lowest BCUT2D eigenvalue weighted by Crippen LogP contribution is -2.17. The average Bonchev–Trinajstić information content (AvgIpc) is 2.50. The molecule has 21 heavy (non-hydrogen) atoms. The first kappa shape index (κ1) is 13.2. The van der Waals surface area contributed by atoms with Crippen LogP contribution in [0.4, 0.5) is 11.4 Å². The fourth-order valence-electron chi connectivity index (χ4n) is 2.01. The minimum absolute atomic E-state index is 0.253. The van der Waals surface area contributed by atoms with E-state index in [9.17, 15) is 4.79 Å². The van der Waals surface area contributed by atoms with Crippen LogP contribution in [0.15, 0.2) is 30.5 Å². The number of hydrogen-bond acceptors (Lipinski definition) is 5. The van der Waals surface area contributed by atoms with Crippen molar-refractivity contribution in [3.63, 3.8) is 0 Å². The molecule has 0 saturated carbocycles. The van der Waals surface area contributed by atoms with Crippen LogP contribution in [0.3, 0.4) is 0 Å². The summed E-state index contributed by atoms with van der Waals surface area (Å²) in [7, 11) is 0. The number of anilines is 2. The first-order chi connectivity index (χ1) is 10.1. The summed E-state index contributed by atoms with van der Waals surface area (Å²) in [6.07, 6.45) is 1.57. The predicted molar refractivity (Wildman–Crippen MR) is 78.8 cm³/mol. The minimum atomic E-state index is -0.253. The zero-order valence-corrected chi connectivity index (χ0v) is 11.6. The Labute approximate surface area is 121 Å². The highest BCUT2D eigenvalue weighted by molar-refractivity contribution is 6.04. The van der Waals surface area contributed by atoms with E-state index in [1.807, 2.05) is 6.92 Å². The van der Waals surface area contributed by atoms with Gasteiger partial charge in [-0.05, 0) is 31.2 Å². The fourth-order valence-corrected chi connectivity index (χ4v) is 2.01. The van der Waals surface area contributed by atoms with Gasteiger partial charge < -0.3 is 20.5 Å². The van der Waals surface area contributed by atoms with Gasteiger partial charge in [0.2, 0.25) is 0 Å². The molecule has 0 fully saturated rings. The molecule has 0 aliphatic carbocycles. The number of ether oxygens (including phenoxy) is 2. The molecule has 0 spiro atoms. The second kappa shape index (κ2) is 5.32. The third-order valence-corrected chi connectivity index (χ3v) is 3.19. The summed E-state index contributed by atoms with van der Waals surface area (Å²) in [4.78, 5) is 16.3. The topological polar surface area (TPSA) is 86.5 Å². The van der Waals surface area contributed by atoms with Crippen LogP contribution in [-0.2, 0) is 0 Å². The van der Waals surface area contributed by atoms with Crippen molar-refractivity contribution in [2.45, 2.75) is 6.92 Å². The summed E-state index contributed by atoms with van der Waals surface area (Å²) < 4.78 is 10.9. The lowest BCUT2D eigenvalue weighted by molar-refractivity contribution is 0.102. The maximum absolute atomic E-state index is 12.2. The minimum Gasteiger partial charge on any atom is -0.486 e. The third kappa shape index (κ3) is 2.74. The van der Waals surface area contributed by atoms with Gasteiger partial charge in [-0.3, -0.25) is 9.78 Å². The summed E-state index contributed by atoms with van der Waals surface area (Å²) in [6, 6.07) is 6.76. The van der Waals surface area contributed by atoms with Gasteiger partial charge in [0.05, 0.1) is 23.3 Å². The van der Waals surface area contributed by atoms with Crippen LogP contribution in [0.1, 0.15) is 16.1 Å². The third-order valence-electron chi connectivity index (χ3n) is 3.19. The average molecular weight is 285 g/mol. The Morgan fingerprint density at radius 3 is 2.76 bits per heavy atom. The second-order valence-corrected chi connectivity index (χ2v) is 4.71. The zero-order chi connectivity index (χ0) is 14.8. The van der Waals surface area contributed by atoms with E-state index in [2.05, 4.69) is 10.3 Å². The van der Waals surface area contributed by atoms with E-state index in [4.69, 9.17) is 15.2 Å². The van der Waals surface area contributed by atoms with Crippen molar-refractivity contribution in [1.82, 2.24) is 4.98 Å². The van der Waals surface area contributed by atoms with Crippen LogP contribution in [0.25, 0.3) is 0 Å². The summed E-state index contributed by atoms with van der Waals surface area (Å²) in [5.74, 6) is 0.978. The van der Waals surface area contributed by atoms with Crippen molar-refractivity contribution < 1.29 is 14.3 Å². The molecule has 0 radical (unpaired) electrons. The van der Waals surface area contributed by atoms with Crippen molar-refractivity contribution in [1.29, 1.82) is 0 Å². The first-order valence-corrected chi connectivity index (χ1v) is 6.56. The number of aryl methyl sites for hydroxylation is 1. The highest BCUT2D eigenvalue weighted by atomic mass is 16.6. The first-order valence-electron chi connectivity index (χ1n) is 6.56. The van der Waals surface area contributed by atoms with E-state index < -0.39 is 0 Å². The molecule has 0 saturated heterocycles. The number of benzene rings is 1. The second-order valence-electron chi connectivity index (χ2n) is 4.71. The normalized spacial score (nSPS) is 12.8. The molecule has 0 atom stereocenters. The molecule has 3 rings (SSSR count). The van der Waals surface area contributed by atoms with Gasteiger partial charge in [0, 0.05) is 5.56 Å². The van der Waals surface area contributed by atoms with E-state index in [1.54, 1.807) is 30.5 Å². The molecule has 6 heteroatoms. The van der Waals surface area contributed by atoms with Gasteiger partial charge in [0.15, 0.2) is 11.5 Å². The summed E-state index contributed by atoms with van der Waals surface area (Å²) in [6.45, 7) is 2.81. The zero-order valence-electron chi connectivity index (χ0n) is 11.6. The van der Waals surface area contributed by atoms with E-state index in [0.717, 1.165) is 5.69 Å². The molecule has 0 unspecified atom stereocenters. The molecular weight excluding hydrogens is 270 g/mol. The molecular formula is C15H15N3O3. The van der Waals surface area contributed by atoms with Gasteiger partial charge in [-0.25, -0.2) is 0 Å². The Balaban J connectivity index is 1.80. The highest BCUT2D eigenvalue weighted by Gasteiger charge is 2.15. The highest BCUT2D eigenvalue weighted by Crippen LogP contribution is 2.31. The molecule has 2 aromatic rings. The largest absolute Gasteiger partial charge is 0.486 e. The van der Waals surface area contributed by atoms with Gasteiger partial charge >= 0.3 is 0 Å². The van der Waals surface area contributed by atoms with Crippen LogP contribution in [-0.4, -0.2) is 24.1 Å². The number of hydrogen-bond donors (Lipinski definition) is 2. The van der Waals surface area contributed by atoms with Crippen LogP contribution in [0.5, 0.6) is 11.5 Å². The molecule has 108 valence electrons. The van der Waals surface area contributed by atoms with Crippen LogP contribution < -0.4 is 20.5 Å². The van der Waals surface area contributed by atoms with Crippen molar-refractivity contribution in [3.8, 4) is 11.5 Å². The lowest BCUT2D eigenvalue weighted by Gasteiger charge is -2.18. The number of carbonyl (C=O) groups is 1. The monoisotopic (exact) mass is 285 g/mol. The number of nitrogens with two attached hydrogens (primary N) is 1. The number of pyridine rings is 1. The summed E-state index contributed by atoms with van der Waals surface area (Å²) in [5, 5.41) is 2.76. The van der Waals surface area contributed by atoms with E-state index in [0.29, 0.717) is 41.7 Å². The SMILES string of the molecule is Cc1ncc(NC(=O)c2ccc3c(c2)OCCO3)cc1N. The molecule has 1 aromatic heterocycles. The quantitative estimate of drug-likeness (QED) is 0.881. The fraction of sp³-hybridized carbons (Fsp3) is 0.200. The number of carbonyl (C=O) groups excluding carboxylic acids is 1. The Hall–Kier alpha value is -2.76. The van der Waals surface area contributed by atoms with E-state index in [1.165, 1.54) is 0 Å². The van der Waals surface area contributed by atoms with Crippen molar-refractivity contribution in [3.05, 3.63) is 41.7 Å². The van der Waals surface area contributed by atoms with Crippen molar-refractivity contribution in [2.24, 2.45) is 0 Å². The van der Waals surface area contributed by atoms with Crippen LogP contribution in [0, 0.1) is 6.92 Å². The van der Waals surface area contributed by atoms with Gasteiger partial charge in [0.25, 0.3) is 5.91 Å². The van der Waals surface area contributed by atoms with Gasteiger partial charge in [-0.2, -0.15) is 0 Å². The lowest BCUT2D eigenvalue weighted by atomic mass is 10.1. The number of rotatable bonds is 2. The predicted octanol–water partition coefficient (Wildman–Crippen LogP) is 2.00. The smallest absolute Gasteiger partial charge is 0.255 e. The van der Waals surface area contributed by atoms with Gasteiger partial charge in [-0.15, -0.1) is 0 Å². The van der Waals surface area contributed by atoms with E-state index >= 15 is 0 Å². The number of fused-ring (bicyclic) bond motifs is 1. The maximum atomic E-state index is 12.2. The number of amides is 1. The van der Waals surface area contributed by atoms with Crippen molar-refractivity contribution in [2.75, 3.05) is 24.3 Å². The molecule has 1 aliphatic rings. The molecule has 1 aliphatic heterocycles. The van der Waals surface area contributed by atoms with E-state index in [-0.39, 0.29) is 5.91 Å². The Morgan fingerprint density at radius 1 is 1.24 bits per heavy atom. The molecule has 1 amide bonds. The number of nitrogen functional groups attached to an aromatic ring is 1. The standard InChI is InChI=1S/C15H15N3O3/c1-9-12(16)7-11(8-17-9)18-15(19)10-2-3-13-14(6-10)21-5-4-20-13/h2-3,6-8H,4-5,16H2,1H3,(H,18,19). The molecule has 1 aromatic carbocycles. The van der Waals surface area contributed by atoms with Gasteiger partial charge in [0.1, 0.15) is 13.2 Å². The van der Waals surface area contributed by atoms with Crippen LogP contribution in [0.2, 0.25) is 0 Å². The Morgan fingerprint density at radius 2 is 2.00 bits per heavy atom. The Bertz CT molecular complexity index is 701. The number of nitrogens with zero attached hydrogens (tertiary/aromatic N) is 1. The number of nitrogens with one attached hydrogen (secondary N) is 1. The van der Waals surface area contributed by atoms with Gasteiger partial charge in [-0.1, -0.05) is 0 Å². The Kier molecular flexibility index (Phi) is 3.35. The molecule has 0 bridgehead atoms. The number of aromatic nitrogens is 1. The summed E-state index contributed by atoms with van der Waals surface area (Å²) in [5.41, 5.74) is 8.08. The molecule has 3 N–H and O–H groups in total. The molecule has 6 nitrogen and oxygen atoms in total. The maximum Gasteiger partial charge on any atom is 0.255 e. The van der Waals surface area contributed by atoms with Crippen LogP contribution >= 0.6 is 0 Å². The molecule has 2 heterocycles. The van der Waals surface area contributed by atoms with Crippen molar-refractivity contribution >= 4 is 17.3 Å². The summed E-state index contributed by atoms with van der Waals surface area (Å²) >= 11 is 0.